The highest BCUT2D eigenvalue weighted by atomic mass is 79.9. The molecular formula is C13H12BrNO2. The Morgan fingerprint density at radius 1 is 1.12 bits per heavy atom. The molecule has 1 aromatic carbocycles. The van der Waals surface area contributed by atoms with Gasteiger partial charge in [-0.1, -0.05) is 30.3 Å². The fourth-order valence-corrected chi connectivity index (χ4v) is 1.54. The molecule has 0 aliphatic rings. The zero-order chi connectivity index (χ0) is 11.4. The molecule has 0 fully saturated rings. The van der Waals surface area contributed by atoms with Crippen LogP contribution in [-0.4, -0.2) is 11.1 Å². The van der Waals surface area contributed by atoms with E-state index in [4.69, 9.17) is 5.11 Å². The molecule has 0 aliphatic carbocycles. The quantitative estimate of drug-likeness (QED) is 0.717. The Hall–Kier alpha value is -1.68. The molecule has 0 atom stereocenters. The van der Waals surface area contributed by atoms with Crippen molar-refractivity contribution in [2.75, 3.05) is 0 Å². The minimum absolute atomic E-state index is 0. The van der Waals surface area contributed by atoms with E-state index in [2.05, 4.69) is 0 Å². The number of pyridine rings is 1. The summed E-state index contributed by atoms with van der Waals surface area (Å²) < 4.78 is 1.86. The topological polar surface area (TPSA) is 41.2 Å². The average Bonchev–Trinajstić information content (AvgIpc) is 2.30. The van der Waals surface area contributed by atoms with Gasteiger partial charge in [0.1, 0.15) is 5.56 Å². The summed E-state index contributed by atoms with van der Waals surface area (Å²) in [5, 5.41) is 8.86. The Morgan fingerprint density at radius 3 is 2.47 bits per heavy atom. The second kappa shape index (κ2) is 6.15. The van der Waals surface area contributed by atoms with Gasteiger partial charge in [0, 0.05) is 11.6 Å². The van der Waals surface area contributed by atoms with Crippen LogP contribution in [-0.2, 0) is 6.54 Å². The first-order chi connectivity index (χ1) is 7.75. The lowest BCUT2D eigenvalue weighted by Crippen LogP contribution is -3.00. The van der Waals surface area contributed by atoms with Crippen LogP contribution in [0.5, 0.6) is 0 Å². The molecule has 17 heavy (non-hydrogen) atoms. The second-order valence-corrected chi connectivity index (χ2v) is 3.56. The van der Waals surface area contributed by atoms with E-state index in [9.17, 15) is 4.79 Å². The molecule has 0 unspecified atom stereocenters. The van der Waals surface area contributed by atoms with Crippen LogP contribution in [0.1, 0.15) is 15.9 Å². The van der Waals surface area contributed by atoms with Gasteiger partial charge in [-0.15, -0.1) is 0 Å². The molecule has 1 heterocycles. The largest absolute Gasteiger partial charge is 1.00 e. The zero-order valence-corrected chi connectivity index (χ0v) is 10.7. The van der Waals surface area contributed by atoms with Crippen molar-refractivity contribution in [1.82, 2.24) is 0 Å². The maximum Gasteiger partial charge on any atom is 0.341 e. The summed E-state index contributed by atoms with van der Waals surface area (Å²) in [6, 6.07) is 13.3. The molecule has 1 N–H and O–H groups in total. The Bertz CT molecular complexity index is 500. The fraction of sp³-hybridized carbons (Fsp3) is 0.0769. The fourth-order valence-electron chi connectivity index (χ4n) is 1.54. The molecule has 1 aromatic heterocycles. The van der Waals surface area contributed by atoms with Crippen molar-refractivity contribution in [2.24, 2.45) is 0 Å². The van der Waals surface area contributed by atoms with Gasteiger partial charge >= 0.3 is 5.97 Å². The number of hydrogen-bond donors (Lipinski definition) is 1. The SMILES string of the molecule is O=C(O)c1ccc[n+](Cc2ccccc2)c1.[Br-]. The number of aromatic carboxylic acids is 1. The highest BCUT2D eigenvalue weighted by Gasteiger charge is 2.08. The lowest BCUT2D eigenvalue weighted by molar-refractivity contribution is -0.688. The van der Waals surface area contributed by atoms with Crippen LogP contribution in [0.4, 0.5) is 0 Å². The lowest BCUT2D eigenvalue weighted by Gasteiger charge is -1.98. The summed E-state index contributed by atoms with van der Waals surface area (Å²) in [5.41, 5.74) is 1.45. The van der Waals surface area contributed by atoms with Crippen LogP contribution in [0.15, 0.2) is 54.9 Å². The van der Waals surface area contributed by atoms with Crippen molar-refractivity contribution in [3.8, 4) is 0 Å². The number of benzene rings is 1. The normalized spacial score (nSPS) is 9.41. The minimum atomic E-state index is -0.901. The van der Waals surface area contributed by atoms with E-state index < -0.39 is 5.97 Å². The van der Waals surface area contributed by atoms with Gasteiger partial charge in [0.15, 0.2) is 18.9 Å². The van der Waals surface area contributed by atoms with Gasteiger partial charge in [-0.2, -0.15) is 4.57 Å². The third-order valence-electron chi connectivity index (χ3n) is 2.31. The van der Waals surface area contributed by atoms with Crippen molar-refractivity contribution in [2.45, 2.75) is 6.54 Å². The van der Waals surface area contributed by atoms with Crippen molar-refractivity contribution >= 4 is 5.97 Å². The number of carboxylic acids is 1. The van der Waals surface area contributed by atoms with E-state index in [-0.39, 0.29) is 17.0 Å². The third kappa shape index (κ3) is 3.67. The van der Waals surface area contributed by atoms with Crippen molar-refractivity contribution in [3.05, 3.63) is 66.0 Å². The maximum absolute atomic E-state index is 10.8. The molecule has 3 nitrogen and oxygen atoms in total. The molecule has 0 saturated heterocycles. The number of rotatable bonds is 3. The Balaban J connectivity index is 0.00000144. The molecule has 0 radical (unpaired) electrons. The highest BCUT2D eigenvalue weighted by Crippen LogP contribution is 1.99. The summed E-state index contributed by atoms with van der Waals surface area (Å²) in [7, 11) is 0. The van der Waals surface area contributed by atoms with Crippen LogP contribution in [0.25, 0.3) is 0 Å². The van der Waals surface area contributed by atoms with Crippen LogP contribution in [0.2, 0.25) is 0 Å². The predicted molar refractivity (Wildman–Crippen MR) is 59.1 cm³/mol. The zero-order valence-electron chi connectivity index (χ0n) is 9.08. The number of hydrogen-bond acceptors (Lipinski definition) is 1. The molecule has 88 valence electrons. The van der Waals surface area contributed by atoms with Gasteiger partial charge in [0.05, 0.1) is 0 Å². The number of aromatic nitrogens is 1. The van der Waals surface area contributed by atoms with Gasteiger partial charge < -0.3 is 22.1 Å². The van der Waals surface area contributed by atoms with E-state index in [1.54, 1.807) is 18.3 Å². The van der Waals surface area contributed by atoms with E-state index >= 15 is 0 Å². The minimum Gasteiger partial charge on any atom is -1.00 e. The van der Waals surface area contributed by atoms with Crippen LogP contribution >= 0.6 is 0 Å². The van der Waals surface area contributed by atoms with Crippen molar-refractivity contribution in [3.63, 3.8) is 0 Å². The van der Waals surface area contributed by atoms with Crippen LogP contribution in [0, 0.1) is 0 Å². The molecule has 0 aliphatic heterocycles. The van der Waals surface area contributed by atoms with E-state index in [1.165, 1.54) is 0 Å². The molecule has 0 amide bonds. The van der Waals surface area contributed by atoms with Crippen LogP contribution in [0.3, 0.4) is 0 Å². The van der Waals surface area contributed by atoms with Gasteiger partial charge in [-0.25, -0.2) is 4.79 Å². The Morgan fingerprint density at radius 2 is 1.82 bits per heavy atom. The molecular weight excluding hydrogens is 282 g/mol. The first-order valence-electron chi connectivity index (χ1n) is 5.02. The smallest absolute Gasteiger partial charge is 0.341 e. The molecule has 0 bridgehead atoms. The summed E-state index contributed by atoms with van der Waals surface area (Å²) in [4.78, 5) is 10.8. The van der Waals surface area contributed by atoms with Crippen molar-refractivity contribution in [1.29, 1.82) is 0 Å². The summed E-state index contributed by atoms with van der Waals surface area (Å²) in [5.74, 6) is -0.901. The van der Waals surface area contributed by atoms with Crippen molar-refractivity contribution < 1.29 is 31.4 Å². The maximum atomic E-state index is 10.8. The first kappa shape index (κ1) is 13.4. The van der Waals surface area contributed by atoms with E-state index in [0.29, 0.717) is 12.1 Å². The monoisotopic (exact) mass is 293 g/mol. The van der Waals surface area contributed by atoms with Gasteiger partial charge in [-0.05, 0) is 6.07 Å². The molecule has 4 heteroatoms. The van der Waals surface area contributed by atoms with Gasteiger partial charge in [0.25, 0.3) is 0 Å². The Labute approximate surface area is 110 Å². The first-order valence-corrected chi connectivity index (χ1v) is 5.02. The summed E-state index contributed by atoms with van der Waals surface area (Å²) in [6.07, 6.45) is 3.49. The van der Waals surface area contributed by atoms with Gasteiger partial charge in [-0.3, -0.25) is 0 Å². The number of carboxylic acid groups (broad SMARTS) is 1. The number of halogens is 1. The molecule has 2 rings (SSSR count). The number of nitrogens with zero attached hydrogens (tertiary/aromatic N) is 1. The number of carbonyl (C=O) groups is 1. The highest BCUT2D eigenvalue weighted by molar-refractivity contribution is 5.86. The van der Waals surface area contributed by atoms with Gasteiger partial charge in [0.2, 0.25) is 0 Å². The predicted octanol–water partition coefficient (Wildman–Crippen LogP) is -1.28. The van der Waals surface area contributed by atoms with Crippen LogP contribution < -0.4 is 21.5 Å². The standard InChI is InChI=1S/C13H11NO2.BrH/c15-13(16)12-7-4-8-14(10-12)9-11-5-2-1-3-6-11;/h1-8,10H,9H2;1H. The lowest BCUT2D eigenvalue weighted by atomic mass is 10.2. The molecule has 2 aromatic rings. The summed E-state index contributed by atoms with van der Waals surface area (Å²) >= 11 is 0. The third-order valence-corrected chi connectivity index (χ3v) is 2.31. The summed E-state index contributed by atoms with van der Waals surface area (Å²) in [6.45, 7) is 0.682. The average molecular weight is 294 g/mol. The molecule has 0 spiro atoms. The van der Waals surface area contributed by atoms with E-state index in [1.807, 2.05) is 41.1 Å². The Kier molecular flexibility index (Phi) is 4.84. The van der Waals surface area contributed by atoms with E-state index in [0.717, 1.165) is 5.56 Å². The second-order valence-electron chi connectivity index (χ2n) is 3.56. The molecule has 0 saturated carbocycles.